The molecule has 0 amide bonds. The van der Waals surface area contributed by atoms with Gasteiger partial charge in [-0.1, -0.05) is 45.1 Å². The number of hydrogen-bond acceptors (Lipinski definition) is 9. The fourth-order valence-electron chi connectivity index (χ4n) is 15.1. The van der Waals surface area contributed by atoms with Crippen LogP contribution in [0.1, 0.15) is 102 Å². The van der Waals surface area contributed by atoms with E-state index in [2.05, 4.69) is 55.8 Å². The summed E-state index contributed by atoms with van der Waals surface area (Å²) in [5.74, 6) is 3.94. The average Bonchev–Trinajstić information content (AvgIpc) is 3.82. The number of phenolic OH excluding ortho intramolecular Hbond substituents is 1. The van der Waals surface area contributed by atoms with Crippen LogP contribution in [0.25, 0.3) is 0 Å². The molecule has 6 bridgehead atoms. The van der Waals surface area contributed by atoms with E-state index < -0.39 is 17.3 Å². The van der Waals surface area contributed by atoms with Gasteiger partial charge in [0, 0.05) is 64.9 Å². The van der Waals surface area contributed by atoms with Gasteiger partial charge < -0.3 is 39.2 Å². The number of aromatic hydroxyl groups is 1. The number of benzene rings is 2. The molecule has 3 N–H and O–H groups in total. The highest BCUT2D eigenvalue weighted by Crippen LogP contribution is 2.78. The van der Waals surface area contributed by atoms with Crippen molar-refractivity contribution >= 4 is 0 Å². The normalized spacial score (nSPS) is 42.2. The van der Waals surface area contributed by atoms with E-state index in [0.29, 0.717) is 30.4 Å². The third-order valence-corrected chi connectivity index (χ3v) is 18.3. The summed E-state index contributed by atoms with van der Waals surface area (Å²) >= 11 is 0. The number of methoxy groups -OCH3 is 1. The first kappa shape index (κ1) is 37.2. The average molecular weight is 781 g/mol. The zero-order valence-corrected chi connectivity index (χ0v) is 35.1. The number of aliphatic hydroxyl groups excluding tert-OH is 1. The smallest absolute Gasteiger partial charge is 0.165 e. The first-order chi connectivity index (χ1) is 27.2. The molecule has 0 radical (unpaired) electrons. The van der Waals surface area contributed by atoms with E-state index in [4.69, 9.17) is 18.9 Å². The van der Waals surface area contributed by atoms with Gasteiger partial charge in [-0.3, -0.25) is 4.90 Å². The molecule has 308 valence electrons. The van der Waals surface area contributed by atoms with Crippen molar-refractivity contribution in [1.29, 1.82) is 0 Å². The molecule has 57 heavy (non-hydrogen) atoms. The van der Waals surface area contributed by atoms with Crippen molar-refractivity contribution < 1.29 is 34.3 Å². The van der Waals surface area contributed by atoms with E-state index in [-0.39, 0.29) is 45.5 Å². The number of likely N-dealkylation sites (tertiary alicyclic amines) is 2. The summed E-state index contributed by atoms with van der Waals surface area (Å²) < 4.78 is 25.6. The highest BCUT2D eigenvalue weighted by molar-refractivity contribution is 5.64. The molecule has 6 fully saturated rings. The van der Waals surface area contributed by atoms with Gasteiger partial charge in [0.15, 0.2) is 23.0 Å². The molecule has 4 heterocycles. The standard InChI is InChI=1S/C29H41NO4.C19H23NO3/c1-25(2,3)26(4,32)20-15-27-10-11-29(20,33-5)24-28(27)12-13-30(16-17-6-7-17)21(27)14-18-8-9-19(31)23(34-24)22(18)28;1-3-22-15-7-4-11-10-13-12-5-6-14(21)18-19(12,8-9-20(13)2)16(11)17(15)23-18/h8-9,17,20-21,24,31-32H,6-7,10-16H2,1-5H3;4-7,12-14,18,21H,3,8-10H2,1-2H3/t20-,21-,24-,26+,27-,28+,29+;12-,13+,14-,18-,19-/m10/s1. The lowest BCUT2D eigenvalue weighted by atomic mass is 9.33. The molecule has 9 nitrogen and oxygen atoms in total. The van der Waals surface area contributed by atoms with Crippen LogP contribution in [0, 0.1) is 28.6 Å². The van der Waals surface area contributed by atoms with Gasteiger partial charge in [0.25, 0.3) is 0 Å². The number of ether oxygens (including phenoxy) is 4. The Bertz CT molecular complexity index is 2040. The fourth-order valence-corrected chi connectivity index (χ4v) is 15.1. The van der Waals surface area contributed by atoms with Crippen LogP contribution in [-0.2, 0) is 28.4 Å². The Balaban J connectivity index is 0.000000141. The molecule has 0 unspecified atom stereocenters. The van der Waals surface area contributed by atoms with Crippen LogP contribution in [-0.4, -0.2) is 107 Å². The molecule has 2 saturated heterocycles. The summed E-state index contributed by atoms with van der Waals surface area (Å²) in [5.41, 5.74) is 3.40. The quantitative estimate of drug-likeness (QED) is 0.292. The van der Waals surface area contributed by atoms with E-state index in [1.807, 2.05) is 39.2 Å². The third-order valence-electron chi connectivity index (χ3n) is 18.3. The molecule has 9 heteroatoms. The predicted octanol–water partition coefficient (Wildman–Crippen LogP) is 6.31. The number of rotatable bonds is 6. The molecule has 3 spiro atoms. The van der Waals surface area contributed by atoms with Gasteiger partial charge in [0.2, 0.25) is 0 Å². The minimum atomic E-state index is -0.909. The summed E-state index contributed by atoms with van der Waals surface area (Å²) in [4.78, 5) is 5.30. The molecule has 13 rings (SSSR count). The van der Waals surface area contributed by atoms with Crippen molar-refractivity contribution in [2.45, 2.75) is 145 Å². The zero-order chi connectivity index (χ0) is 39.7. The molecular weight excluding hydrogens is 717 g/mol. The van der Waals surface area contributed by atoms with E-state index in [9.17, 15) is 15.3 Å². The van der Waals surface area contributed by atoms with Gasteiger partial charge in [0.05, 0.1) is 12.2 Å². The number of phenols is 1. The van der Waals surface area contributed by atoms with Crippen LogP contribution in [0.5, 0.6) is 23.0 Å². The number of piperidine rings is 2. The van der Waals surface area contributed by atoms with Gasteiger partial charge in [-0.05, 0) is 126 Å². The predicted molar refractivity (Wildman–Crippen MR) is 217 cm³/mol. The Morgan fingerprint density at radius 3 is 2.42 bits per heavy atom. The van der Waals surface area contributed by atoms with Crippen LogP contribution in [0.3, 0.4) is 0 Å². The molecule has 2 aromatic carbocycles. The highest BCUT2D eigenvalue weighted by Gasteiger charge is 2.82. The van der Waals surface area contributed by atoms with Crippen LogP contribution >= 0.6 is 0 Å². The van der Waals surface area contributed by atoms with Gasteiger partial charge >= 0.3 is 0 Å². The Hall–Kier alpha value is -2.82. The number of nitrogens with zero attached hydrogens (tertiary/aromatic N) is 2. The lowest BCUT2D eigenvalue weighted by Crippen LogP contribution is -2.83. The largest absolute Gasteiger partial charge is 0.504 e. The van der Waals surface area contributed by atoms with E-state index in [0.717, 1.165) is 75.5 Å². The Morgan fingerprint density at radius 2 is 1.68 bits per heavy atom. The van der Waals surface area contributed by atoms with E-state index in [1.54, 1.807) is 0 Å². The van der Waals surface area contributed by atoms with Crippen LogP contribution in [0.2, 0.25) is 0 Å². The van der Waals surface area contributed by atoms with Crippen molar-refractivity contribution in [3.05, 3.63) is 58.7 Å². The molecule has 2 aromatic rings. The molecule has 0 aromatic heterocycles. The van der Waals surface area contributed by atoms with Crippen molar-refractivity contribution in [1.82, 2.24) is 9.80 Å². The molecule has 4 saturated carbocycles. The lowest BCUT2D eigenvalue weighted by Gasteiger charge is -2.75. The minimum absolute atomic E-state index is 0.0294. The Morgan fingerprint density at radius 1 is 0.912 bits per heavy atom. The molecule has 12 atom stereocenters. The van der Waals surface area contributed by atoms with E-state index in [1.165, 1.54) is 41.6 Å². The van der Waals surface area contributed by atoms with Gasteiger partial charge in [0.1, 0.15) is 23.9 Å². The minimum Gasteiger partial charge on any atom is -0.504 e. The summed E-state index contributed by atoms with van der Waals surface area (Å²) in [6, 6.07) is 9.21. The number of hydrogen-bond donors (Lipinski definition) is 3. The Labute approximate surface area is 338 Å². The Kier molecular flexibility index (Phi) is 7.78. The summed E-state index contributed by atoms with van der Waals surface area (Å²) in [6.45, 7) is 14.5. The van der Waals surface area contributed by atoms with Crippen molar-refractivity contribution in [2.75, 3.05) is 40.4 Å². The number of fused-ring (bicyclic) bond motifs is 2. The maximum Gasteiger partial charge on any atom is 0.165 e. The van der Waals surface area contributed by atoms with Gasteiger partial charge in [-0.2, -0.15) is 0 Å². The fraction of sp³-hybridized carbons (Fsp3) is 0.708. The summed E-state index contributed by atoms with van der Waals surface area (Å²) in [6.07, 6.45) is 13.2. The SMILES string of the molecule is CCOc1ccc2c3c1O[C@H]1[C@@H](O)C=C[C@H]4[C@@H](C2)N(C)CC[C@@]341.CO[C@@]12CC[C@@]3(C[C@@H]1[C@](C)(O)C(C)(C)C)[C@H]1Cc4ccc(O)c5c4[C@@]3(CCN1CC1CC1)[C@H]2O5. The van der Waals surface area contributed by atoms with Crippen LogP contribution < -0.4 is 14.2 Å². The first-order valence-corrected chi connectivity index (χ1v) is 22.2. The van der Waals surface area contributed by atoms with Crippen molar-refractivity contribution in [3.8, 4) is 23.0 Å². The van der Waals surface area contributed by atoms with Crippen molar-refractivity contribution in [3.63, 3.8) is 0 Å². The monoisotopic (exact) mass is 780 g/mol. The third kappa shape index (κ3) is 4.44. The molecular formula is C48H64N2O7. The molecule has 11 aliphatic rings. The summed E-state index contributed by atoms with van der Waals surface area (Å²) in [5, 5.41) is 33.8. The van der Waals surface area contributed by atoms with E-state index >= 15 is 0 Å². The van der Waals surface area contributed by atoms with Gasteiger partial charge in [-0.25, -0.2) is 0 Å². The van der Waals surface area contributed by atoms with Crippen LogP contribution in [0.15, 0.2) is 36.4 Å². The number of aliphatic hydroxyl groups is 2. The second kappa shape index (κ2) is 11.9. The lowest BCUT2D eigenvalue weighted by molar-refractivity contribution is -0.312. The van der Waals surface area contributed by atoms with Gasteiger partial charge in [-0.15, -0.1) is 0 Å². The second-order valence-electron chi connectivity index (χ2n) is 21.1. The topological polar surface area (TPSA) is 104 Å². The number of likely N-dealkylation sites (N-methyl/N-ethyl adjacent to an activating group) is 1. The second-order valence-corrected chi connectivity index (χ2v) is 21.1. The zero-order valence-electron chi connectivity index (χ0n) is 35.1. The highest BCUT2D eigenvalue weighted by atomic mass is 16.6. The maximum atomic E-state index is 12.2. The first-order valence-electron chi connectivity index (χ1n) is 22.2. The molecule has 7 aliphatic carbocycles. The van der Waals surface area contributed by atoms with Crippen molar-refractivity contribution in [2.24, 2.45) is 28.6 Å². The van der Waals surface area contributed by atoms with Crippen LogP contribution in [0.4, 0.5) is 0 Å². The summed E-state index contributed by atoms with van der Waals surface area (Å²) in [7, 11) is 4.05. The molecule has 4 aliphatic heterocycles. The maximum absolute atomic E-state index is 12.2.